The van der Waals surface area contributed by atoms with E-state index in [-0.39, 0.29) is 24.8 Å². The number of rotatable bonds is 7. The van der Waals surface area contributed by atoms with Crippen molar-refractivity contribution < 1.29 is 14.0 Å². The summed E-state index contributed by atoms with van der Waals surface area (Å²) in [5.74, 6) is -0.356. The number of carbonyl (C=O) groups is 2. The molecule has 1 saturated heterocycles. The molecule has 1 heterocycles. The highest BCUT2D eigenvalue weighted by Crippen LogP contribution is 2.05. The molecule has 2 amide bonds. The van der Waals surface area contributed by atoms with Gasteiger partial charge in [0.15, 0.2) is 0 Å². The van der Waals surface area contributed by atoms with E-state index in [0.29, 0.717) is 19.6 Å². The van der Waals surface area contributed by atoms with Crippen LogP contribution in [0.15, 0.2) is 30.3 Å². The van der Waals surface area contributed by atoms with Gasteiger partial charge in [-0.1, -0.05) is 30.3 Å². The molecule has 0 radical (unpaired) electrons. The number of amides is 2. The molecule has 1 aromatic rings. The molecular formula is C16H22FN3O2. The van der Waals surface area contributed by atoms with Crippen LogP contribution in [0.2, 0.25) is 0 Å². The lowest BCUT2D eigenvalue weighted by atomic mass is 10.1. The normalized spacial score (nSPS) is 18.3. The van der Waals surface area contributed by atoms with E-state index in [2.05, 4.69) is 10.6 Å². The highest BCUT2D eigenvalue weighted by molar-refractivity contribution is 5.88. The van der Waals surface area contributed by atoms with Crippen molar-refractivity contribution >= 4 is 11.8 Å². The number of halogens is 1. The SMILES string of the molecule is O=C(CC1NCCN(CCF)C1=O)NCCc1ccccc1. The van der Waals surface area contributed by atoms with E-state index in [1.807, 2.05) is 30.3 Å². The molecule has 0 bridgehead atoms. The Balaban J connectivity index is 1.73. The van der Waals surface area contributed by atoms with E-state index in [9.17, 15) is 14.0 Å². The Hall–Kier alpha value is -1.95. The average molecular weight is 307 g/mol. The lowest BCUT2D eigenvalue weighted by molar-refractivity contribution is -0.138. The Morgan fingerprint density at radius 3 is 2.86 bits per heavy atom. The van der Waals surface area contributed by atoms with Gasteiger partial charge >= 0.3 is 0 Å². The molecule has 0 saturated carbocycles. The van der Waals surface area contributed by atoms with Crippen LogP contribution in [-0.4, -0.2) is 55.6 Å². The largest absolute Gasteiger partial charge is 0.356 e. The number of piperazine rings is 1. The van der Waals surface area contributed by atoms with Crippen LogP contribution in [0.5, 0.6) is 0 Å². The van der Waals surface area contributed by atoms with Crippen LogP contribution < -0.4 is 10.6 Å². The van der Waals surface area contributed by atoms with E-state index in [1.165, 1.54) is 4.90 Å². The second kappa shape index (κ2) is 8.48. The van der Waals surface area contributed by atoms with Crippen LogP contribution >= 0.6 is 0 Å². The summed E-state index contributed by atoms with van der Waals surface area (Å²) in [6, 6.07) is 9.34. The number of nitrogens with one attached hydrogen (secondary N) is 2. The van der Waals surface area contributed by atoms with Gasteiger partial charge in [-0.15, -0.1) is 0 Å². The zero-order valence-corrected chi connectivity index (χ0v) is 12.6. The zero-order chi connectivity index (χ0) is 15.8. The van der Waals surface area contributed by atoms with Crippen LogP contribution in [-0.2, 0) is 16.0 Å². The van der Waals surface area contributed by atoms with Crippen molar-refractivity contribution in [3.05, 3.63) is 35.9 Å². The minimum atomic E-state index is -0.554. The van der Waals surface area contributed by atoms with E-state index >= 15 is 0 Å². The fourth-order valence-corrected chi connectivity index (χ4v) is 2.52. The lowest BCUT2D eigenvalue weighted by Gasteiger charge is -2.32. The molecule has 5 nitrogen and oxygen atoms in total. The van der Waals surface area contributed by atoms with Crippen molar-refractivity contribution in [3.8, 4) is 0 Å². The van der Waals surface area contributed by atoms with E-state index in [1.54, 1.807) is 0 Å². The maximum absolute atomic E-state index is 12.4. The van der Waals surface area contributed by atoms with Gasteiger partial charge in [-0.05, 0) is 12.0 Å². The van der Waals surface area contributed by atoms with Crippen molar-refractivity contribution in [2.45, 2.75) is 18.9 Å². The quantitative estimate of drug-likeness (QED) is 0.771. The van der Waals surface area contributed by atoms with Crippen molar-refractivity contribution in [2.75, 3.05) is 32.9 Å². The zero-order valence-electron chi connectivity index (χ0n) is 12.6. The molecule has 0 aliphatic carbocycles. The third kappa shape index (κ3) is 4.80. The van der Waals surface area contributed by atoms with E-state index < -0.39 is 12.7 Å². The number of carbonyl (C=O) groups excluding carboxylic acids is 2. The standard InChI is InChI=1S/C16H22FN3O2/c17-7-10-20-11-9-18-14(16(20)22)12-15(21)19-8-6-13-4-2-1-3-5-13/h1-5,14,18H,6-12H2,(H,19,21). The van der Waals surface area contributed by atoms with Gasteiger partial charge in [-0.2, -0.15) is 0 Å². The summed E-state index contributed by atoms with van der Waals surface area (Å²) < 4.78 is 12.4. The Kier molecular flexibility index (Phi) is 6.33. The molecule has 22 heavy (non-hydrogen) atoms. The molecule has 120 valence electrons. The third-order valence-corrected chi connectivity index (χ3v) is 3.70. The van der Waals surface area contributed by atoms with Crippen molar-refractivity contribution in [1.29, 1.82) is 0 Å². The summed E-state index contributed by atoms with van der Waals surface area (Å²) >= 11 is 0. The molecule has 1 unspecified atom stereocenters. The second-order valence-corrected chi connectivity index (χ2v) is 5.31. The molecule has 0 aromatic heterocycles. The van der Waals surface area contributed by atoms with Crippen LogP contribution in [0, 0.1) is 0 Å². The molecule has 6 heteroatoms. The lowest BCUT2D eigenvalue weighted by Crippen LogP contribution is -2.56. The molecule has 1 atom stereocenters. The monoisotopic (exact) mass is 307 g/mol. The molecule has 2 rings (SSSR count). The Morgan fingerprint density at radius 1 is 1.36 bits per heavy atom. The van der Waals surface area contributed by atoms with Gasteiger partial charge in [-0.25, -0.2) is 4.39 Å². The van der Waals surface area contributed by atoms with Gasteiger partial charge < -0.3 is 15.5 Å². The summed E-state index contributed by atoms with van der Waals surface area (Å²) in [5.41, 5.74) is 1.16. The Labute approximate surface area is 129 Å². The first-order valence-electron chi connectivity index (χ1n) is 7.59. The first-order chi connectivity index (χ1) is 10.7. The Bertz CT molecular complexity index is 493. The molecule has 1 aromatic carbocycles. The molecule has 1 fully saturated rings. The first kappa shape index (κ1) is 16.4. The van der Waals surface area contributed by atoms with E-state index in [4.69, 9.17) is 0 Å². The van der Waals surface area contributed by atoms with Gasteiger partial charge in [0.2, 0.25) is 11.8 Å². The fraction of sp³-hybridized carbons (Fsp3) is 0.500. The maximum atomic E-state index is 12.4. The smallest absolute Gasteiger partial charge is 0.240 e. The number of alkyl halides is 1. The maximum Gasteiger partial charge on any atom is 0.240 e. The van der Waals surface area contributed by atoms with Crippen molar-refractivity contribution in [2.24, 2.45) is 0 Å². The van der Waals surface area contributed by atoms with E-state index in [0.717, 1.165) is 12.0 Å². The second-order valence-electron chi connectivity index (χ2n) is 5.31. The van der Waals surface area contributed by atoms with Gasteiger partial charge in [0.25, 0.3) is 0 Å². The predicted molar refractivity (Wildman–Crippen MR) is 82.1 cm³/mol. The first-order valence-corrected chi connectivity index (χ1v) is 7.59. The van der Waals surface area contributed by atoms with Gasteiger partial charge in [0.1, 0.15) is 6.67 Å². The van der Waals surface area contributed by atoms with Gasteiger partial charge in [-0.3, -0.25) is 9.59 Å². The highest BCUT2D eigenvalue weighted by Gasteiger charge is 2.29. The highest BCUT2D eigenvalue weighted by atomic mass is 19.1. The van der Waals surface area contributed by atoms with Crippen LogP contribution in [0.3, 0.4) is 0 Å². The van der Waals surface area contributed by atoms with Gasteiger partial charge in [0, 0.05) is 26.2 Å². The summed E-state index contributed by atoms with van der Waals surface area (Å²) in [4.78, 5) is 25.4. The van der Waals surface area contributed by atoms with Crippen LogP contribution in [0.1, 0.15) is 12.0 Å². The third-order valence-electron chi connectivity index (χ3n) is 3.70. The number of hydrogen-bond acceptors (Lipinski definition) is 3. The number of nitrogens with zero attached hydrogens (tertiary/aromatic N) is 1. The number of benzene rings is 1. The molecule has 0 spiro atoms. The predicted octanol–water partition coefficient (Wildman–Crippen LogP) is 0.505. The molecular weight excluding hydrogens is 285 g/mol. The minimum absolute atomic E-state index is 0.0937. The molecule has 1 aliphatic heterocycles. The van der Waals surface area contributed by atoms with Crippen molar-refractivity contribution in [1.82, 2.24) is 15.5 Å². The summed E-state index contributed by atoms with van der Waals surface area (Å²) in [6.07, 6.45) is 0.850. The molecule has 1 aliphatic rings. The van der Waals surface area contributed by atoms with Crippen molar-refractivity contribution in [3.63, 3.8) is 0 Å². The average Bonchev–Trinajstić information content (AvgIpc) is 2.52. The fourth-order valence-electron chi connectivity index (χ4n) is 2.52. The summed E-state index contributed by atoms with van der Waals surface area (Å²) in [7, 11) is 0. The number of hydrogen-bond donors (Lipinski definition) is 2. The summed E-state index contributed by atoms with van der Waals surface area (Å²) in [6.45, 7) is 1.18. The van der Waals surface area contributed by atoms with Crippen LogP contribution in [0.25, 0.3) is 0 Å². The molecule has 2 N–H and O–H groups in total. The Morgan fingerprint density at radius 2 is 2.14 bits per heavy atom. The summed E-state index contributed by atoms with van der Waals surface area (Å²) in [5, 5.41) is 5.84. The minimum Gasteiger partial charge on any atom is -0.356 e. The van der Waals surface area contributed by atoms with Crippen LogP contribution in [0.4, 0.5) is 4.39 Å². The topological polar surface area (TPSA) is 61.4 Å². The van der Waals surface area contributed by atoms with Gasteiger partial charge in [0.05, 0.1) is 12.5 Å².